The SMILES string of the molecule is Cc1cnc(C(=O)N[C@@H](c2cnn(C)c2)C2CC(O)C2)cn1. The van der Waals surface area contributed by atoms with Crippen molar-refractivity contribution < 1.29 is 9.90 Å². The van der Waals surface area contributed by atoms with Crippen molar-refractivity contribution in [1.29, 1.82) is 0 Å². The second kappa shape index (κ2) is 5.84. The predicted molar refractivity (Wildman–Crippen MR) is 78.9 cm³/mol. The standard InChI is InChI=1S/C15H19N5O2/c1-9-5-17-13(7-16-9)15(22)19-14(10-3-12(21)4-10)11-6-18-20(2)8-11/h5-8,10,12,14,21H,3-4H2,1-2H3,(H,19,22)/t10?,12?,14-/m1/s1. The van der Waals surface area contributed by atoms with Gasteiger partial charge >= 0.3 is 0 Å². The van der Waals surface area contributed by atoms with E-state index in [2.05, 4.69) is 20.4 Å². The molecule has 22 heavy (non-hydrogen) atoms. The summed E-state index contributed by atoms with van der Waals surface area (Å²) in [7, 11) is 1.84. The van der Waals surface area contributed by atoms with Gasteiger partial charge in [-0.25, -0.2) is 4.98 Å². The molecule has 0 saturated heterocycles. The highest BCUT2D eigenvalue weighted by Crippen LogP contribution is 2.38. The van der Waals surface area contributed by atoms with Gasteiger partial charge in [-0.15, -0.1) is 0 Å². The molecular weight excluding hydrogens is 282 g/mol. The maximum Gasteiger partial charge on any atom is 0.271 e. The number of aromatic nitrogens is 4. The van der Waals surface area contributed by atoms with Crippen molar-refractivity contribution in [2.75, 3.05) is 0 Å². The number of carbonyl (C=O) groups excluding carboxylic acids is 1. The first-order valence-electron chi connectivity index (χ1n) is 7.29. The lowest BCUT2D eigenvalue weighted by Gasteiger charge is -2.37. The molecule has 116 valence electrons. The maximum absolute atomic E-state index is 12.4. The number of nitrogens with zero attached hydrogens (tertiary/aromatic N) is 4. The van der Waals surface area contributed by atoms with Crippen LogP contribution in [0.15, 0.2) is 24.8 Å². The van der Waals surface area contributed by atoms with Gasteiger partial charge < -0.3 is 10.4 Å². The summed E-state index contributed by atoms with van der Waals surface area (Å²) in [4.78, 5) is 20.6. The Morgan fingerprint density at radius 2 is 2.14 bits per heavy atom. The van der Waals surface area contributed by atoms with Gasteiger partial charge in [0.1, 0.15) is 5.69 Å². The van der Waals surface area contributed by atoms with Crippen LogP contribution in [0.25, 0.3) is 0 Å². The molecule has 7 nitrogen and oxygen atoms in total. The van der Waals surface area contributed by atoms with Crippen molar-refractivity contribution in [3.05, 3.63) is 41.7 Å². The number of carbonyl (C=O) groups is 1. The van der Waals surface area contributed by atoms with E-state index in [9.17, 15) is 9.90 Å². The first-order chi connectivity index (χ1) is 10.5. The van der Waals surface area contributed by atoms with E-state index in [-0.39, 0.29) is 24.0 Å². The van der Waals surface area contributed by atoms with Crippen LogP contribution in [0.3, 0.4) is 0 Å². The highest BCUT2D eigenvalue weighted by atomic mass is 16.3. The van der Waals surface area contributed by atoms with Crippen molar-refractivity contribution in [3.8, 4) is 0 Å². The summed E-state index contributed by atoms with van der Waals surface area (Å²) in [5, 5.41) is 16.7. The minimum absolute atomic E-state index is 0.173. The molecular formula is C15H19N5O2. The van der Waals surface area contributed by atoms with Crippen LogP contribution in [-0.2, 0) is 7.05 Å². The van der Waals surface area contributed by atoms with E-state index in [0.29, 0.717) is 18.5 Å². The van der Waals surface area contributed by atoms with E-state index in [4.69, 9.17) is 0 Å². The lowest BCUT2D eigenvalue weighted by molar-refractivity contribution is 0.0234. The van der Waals surface area contributed by atoms with E-state index in [1.54, 1.807) is 17.1 Å². The molecule has 2 N–H and O–H groups in total. The zero-order valence-electron chi connectivity index (χ0n) is 12.6. The zero-order chi connectivity index (χ0) is 15.7. The molecule has 0 unspecified atom stereocenters. The van der Waals surface area contributed by atoms with Crippen molar-refractivity contribution in [3.63, 3.8) is 0 Å². The molecule has 0 bridgehead atoms. The molecule has 0 aromatic carbocycles. The van der Waals surface area contributed by atoms with E-state index >= 15 is 0 Å². The molecule has 7 heteroatoms. The summed E-state index contributed by atoms with van der Waals surface area (Å²) in [6.07, 6.45) is 7.76. The molecule has 2 heterocycles. The summed E-state index contributed by atoms with van der Waals surface area (Å²) < 4.78 is 1.70. The molecule has 1 atom stereocenters. The summed E-state index contributed by atoms with van der Waals surface area (Å²) in [5.74, 6) is -0.0516. The Morgan fingerprint density at radius 3 is 2.68 bits per heavy atom. The van der Waals surface area contributed by atoms with Crippen molar-refractivity contribution >= 4 is 5.91 Å². The highest BCUT2D eigenvalue weighted by molar-refractivity contribution is 5.92. The fraction of sp³-hybridized carbons (Fsp3) is 0.467. The zero-order valence-corrected chi connectivity index (χ0v) is 12.6. The fourth-order valence-electron chi connectivity index (χ4n) is 2.70. The number of hydrogen-bond donors (Lipinski definition) is 2. The van der Waals surface area contributed by atoms with Crippen LogP contribution in [0.4, 0.5) is 0 Å². The van der Waals surface area contributed by atoms with Gasteiger partial charge in [-0.2, -0.15) is 5.10 Å². The average Bonchev–Trinajstić information content (AvgIpc) is 2.89. The van der Waals surface area contributed by atoms with Gasteiger partial charge in [0, 0.05) is 25.0 Å². The molecule has 1 fully saturated rings. The second-order valence-corrected chi connectivity index (χ2v) is 5.83. The van der Waals surface area contributed by atoms with Crippen LogP contribution in [0.5, 0.6) is 0 Å². The lowest BCUT2D eigenvalue weighted by Crippen LogP contribution is -2.41. The first kappa shape index (κ1) is 14.6. The summed E-state index contributed by atoms with van der Waals surface area (Å²) in [6.45, 7) is 1.82. The second-order valence-electron chi connectivity index (χ2n) is 5.83. The highest BCUT2D eigenvalue weighted by Gasteiger charge is 2.36. The van der Waals surface area contributed by atoms with Crippen LogP contribution in [0.1, 0.15) is 40.6 Å². The topological polar surface area (TPSA) is 92.9 Å². The van der Waals surface area contributed by atoms with Gasteiger partial charge in [0.25, 0.3) is 5.91 Å². The number of nitrogens with one attached hydrogen (secondary N) is 1. The minimum Gasteiger partial charge on any atom is -0.393 e. The van der Waals surface area contributed by atoms with E-state index in [1.807, 2.05) is 20.2 Å². The molecule has 2 aromatic rings. The number of aryl methyl sites for hydroxylation is 2. The monoisotopic (exact) mass is 301 g/mol. The number of rotatable bonds is 4. The molecule has 0 radical (unpaired) electrons. The van der Waals surface area contributed by atoms with Crippen LogP contribution in [0.2, 0.25) is 0 Å². The quantitative estimate of drug-likeness (QED) is 0.869. The summed E-state index contributed by atoms with van der Waals surface area (Å²) in [5.41, 5.74) is 2.00. The molecule has 0 spiro atoms. The van der Waals surface area contributed by atoms with Gasteiger partial charge in [-0.1, -0.05) is 0 Å². The van der Waals surface area contributed by atoms with Gasteiger partial charge in [0.05, 0.1) is 30.2 Å². The Hall–Kier alpha value is -2.28. The minimum atomic E-state index is -0.278. The summed E-state index contributed by atoms with van der Waals surface area (Å²) in [6, 6.07) is -0.173. The fourth-order valence-corrected chi connectivity index (χ4v) is 2.70. The molecule has 2 aromatic heterocycles. The lowest BCUT2D eigenvalue weighted by atomic mass is 9.75. The normalized spacial score (nSPS) is 22.0. The Kier molecular flexibility index (Phi) is 3.89. The third-order valence-corrected chi connectivity index (χ3v) is 4.01. The van der Waals surface area contributed by atoms with E-state index < -0.39 is 0 Å². The van der Waals surface area contributed by atoms with Gasteiger partial charge in [-0.3, -0.25) is 14.5 Å². The molecule has 0 aliphatic heterocycles. The average molecular weight is 301 g/mol. The first-order valence-corrected chi connectivity index (χ1v) is 7.29. The third kappa shape index (κ3) is 2.99. The van der Waals surface area contributed by atoms with Crippen molar-refractivity contribution in [2.45, 2.75) is 31.9 Å². The number of aliphatic hydroxyl groups is 1. The van der Waals surface area contributed by atoms with E-state index in [0.717, 1.165) is 11.3 Å². The Balaban J connectivity index is 1.77. The largest absolute Gasteiger partial charge is 0.393 e. The van der Waals surface area contributed by atoms with E-state index in [1.165, 1.54) is 6.20 Å². The Morgan fingerprint density at radius 1 is 1.36 bits per heavy atom. The van der Waals surface area contributed by atoms with Gasteiger partial charge in [0.15, 0.2) is 0 Å². The van der Waals surface area contributed by atoms with Gasteiger partial charge in [-0.05, 0) is 25.7 Å². The Labute approximate surface area is 128 Å². The molecule has 1 amide bonds. The van der Waals surface area contributed by atoms with Crippen molar-refractivity contribution in [2.24, 2.45) is 13.0 Å². The third-order valence-electron chi connectivity index (χ3n) is 4.01. The number of aliphatic hydroxyl groups excluding tert-OH is 1. The van der Waals surface area contributed by atoms with Crippen LogP contribution in [0, 0.1) is 12.8 Å². The van der Waals surface area contributed by atoms with Crippen LogP contribution >= 0.6 is 0 Å². The molecule has 3 rings (SSSR count). The molecule has 1 saturated carbocycles. The van der Waals surface area contributed by atoms with Gasteiger partial charge in [0.2, 0.25) is 0 Å². The van der Waals surface area contributed by atoms with Crippen LogP contribution in [-0.4, -0.2) is 36.9 Å². The van der Waals surface area contributed by atoms with Crippen molar-refractivity contribution in [1.82, 2.24) is 25.1 Å². The maximum atomic E-state index is 12.4. The molecule has 1 aliphatic rings. The molecule has 1 aliphatic carbocycles. The smallest absolute Gasteiger partial charge is 0.271 e. The predicted octanol–water partition coefficient (Wildman–Crippen LogP) is 0.761. The number of hydrogen-bond acceptors (Lipinski definition) is 5. The summed E-state index contributed by atoms with van der Waals surface area (Å²) >= 11 is 0. The van der Waals surface area contributed by atoms with Crippen LogP contribution < -0.4 is 5.32 Å². The Bertz CT molecular complexity index is 661. The number of amides is 1.